The van der Waals surface area contributed by atoms with E-state index in [1.165, 1.54) is 24.7 Å². The summed E-state index contributed by atoms with van der Waals surface area (Å²) in [5, 5.41) is 20.0. The van der Waals surface area contributed by atoms with E-state index >= 15 is 0 Å². The van der Waals surface area contributed by atoms with Crippen LogP contribution in [0.5, 0.6) is 0 Å². The Bertz CT molecular complexity index is 593. The first-order valence-corrected chi connectivity index (χ1v) is 6.61. The van der Waals surface area contributed by atoms with Crippen LogP contribution in [0.2, 0.25) is 0 Å². The van der Waals surface area contributed by atoms with E-state index in [1.807, 2.05) is 5.38 Å². The highest BCUT2D eigenvalue weighted by atomic mass is 79.9. The van der Waals surface area contributed by atoms with Gasteiger partial charge in [0, 0.05) is 27.0 Å². The average Bonchev–Trinajstić information content (AvgIpc) is 2.85. The van der Waals surface area contributed by atoms with Crippen LogP contribution >= 0.6 is 27.3 Å². The van der Waals surface area contributed by atoms with Gasteiger partial charge < -0.3 is 4.74 Å². The molecule has 0 radical (unpaired) electrons. The van der Waals surface area contributed by atoms with Crippen LogP contribution in [-0.2, 0) is 9.53 Å². The van der Waals surface area contributed by atoms with Gasteiger partial charge in [0.15, 0.2) is 0 Å². The molecule has 0 atom stereocenters. The molecule has 7 heteroatoms. The Labute approximate surface area is 122 Å². The number of nitriles is 2. The molecule has 96 valence electrons. The molecule has 0 amide bonds. The molecule has 0 spiro atoms. The average molecular weight is 338 g/mol. The summed E-state index contributed by atoms with van der Waals surface area (Å²) in [5.74, 6) is -0.649. The van der Waals surface area contributed by atoms with Crippen LogP contribution in [0.15, 0.2) is 33.1 Å². The number of carbonyl (C=O) groups excluding carboxylic acids is 1. The van der Waals surface area contributed by atoms with Crippen LogP contribution < -0.4 is 0 Å². The van der Waals surface area contributed by atoms with Gasteiger partial charge in [0.05, 0.1) is 7.11 Å². The van der Waals surface area contributed by atoms with Crippen LogP contribution in [0.3, 0.4) is 0 Å². The molecular formula is C12H8BrN3O2S. The van der Waals surface area contributed by atoms with Gasteiger partial charge in [0.25, 0.3) is 5.54 Å². The quantitative estimate of drug-likeness (QED) is 0.479. The Balaban J connectivity index is 2.98. The van der Waals surface area contributed by atoms with Gasteiger partial charge in [-0.05, 0) is 28.1 Å². The number of halogens is 1. The first kappa shape index (κ1) is 15.1. The lowest BCUT2D eigenvalue weighted by Crippen LogP contribution is -2.19. The van der Waals surface area contributed by atoms with Crippen LogP contribution in [0.25, 0.3) is 0 Å². The standard InChI is InChI=1S/C12H8BrN3O2S/c1-18-11(17)2-3-12(7-14,8-15)16-5-10-4-9(13)6-19-10/h2-6H,1H3/b3-2-,16-5?. The third kappa shape index (κ3) is 4.32. The third-order valence-corrected chi connectivity index (χ3v) is 3.61. The van der Waals surface area contributed by atoms with Gasteiger partial charge in [-0.1, -0.05) is 0 Å². The SMILES string of the molecule is COC(=O)/C=C\C(C#N)(C#N)N=Cc1cc(Br)cs1. The Morgan fingerprint density at radius 1 is 1.58 bits per heavy atom. The summed E-state index contributed by atoms with van der Waals surface area (Å²) in [5.41, 5.74) is -1.73. The molecule has 0 fully saturated rings. The van der Waals surface area contributed by atoms with Crippen molar-refractivity contribution in [2.45, 2.75) is 5.54 Å². The minimum Gasteiger partial charge on any atom is -0.466 e. The van der Waals surface area contributed by atoms with E-state index in [0.717, 1.165) is 21.5 Å². The lowest BCUT2D eigenvalue weighted by Gasteiger charge is -2.06. The van der Waals surface area contributed by atoms with E-state index in [2.05, 4.69) is 25.7 Å². The fourth-order valence-corrected chi connectivity index (χ4v) is 2.32. The van der Waals surface area contributed by atoms with Crippen molar-refractivity contribution in [2.24, 2.45) is 4.99 Å². The van der Waals surface area contributed by atoms with Crippen LogP contribution in [0.1, 0.15) is 4.88 Å². The zero-order chi connectivity index (χ0) is 14.3. The molecule has 0 saturated carbocycles. The normalized spacial score (nSPS) is 11.4. The summed E-state index contributed by atoms with van der Waals surface area (Å²) in [6.07, 6.45) is 3.54. The van der Waals surface area contributed by atoms with E-state index < -0.39 is 11.5 Å². The van der Waals surface area contributed by atoms with Crippen LogP contribution in [-0.4, -0.2) is 24.8 Å². The Morgan fingerprint density at radius 2 is 2.26 bits per heavy atom. The van der Waals surface area contributed by atoms with Crippen molar-refractivity contribution in [1.82, 2.24) is 0 Å². The van der Waals surface area contributed by atoms with Gasteiger partial charge >= 0.3 is 5.97 Å². The van der Waals surface area contributed by atoms with Crippen molar-refractivity contribution in [1.29, 1.82) is 10.5 Å². The fraction of sp³-hybridized carbons (Fsp3) is 0.167. The van der Waals surface area contributed by atoms with Crippen molar-refractivity contribution in [2.75, 3.05) is 7.11 Å². The maximum atomic E-state index is 11.0. The number of carbonyl (C=O) groups is 1. The molecule has 1 rings (SSSR count). The topological polar surface area (TPSA) is 86.2 Å². The lowest BCUT2D eigenvalue weighted by atomic mass is 10.0. The number of hydrogen-bond acceptors (Lipinski definition) is 6. The highest BCUT2D eigenvalue weighted by molar-refractivity contribution is 9.10. The maximum Gasteiger partial charge on any atom is 0.330 e. The number of nitrogens with zero attached hydrogens (tertiary/aromatic N) is 3. The summed E-state index contributed by atoms with van der Waals surface area (Å²) in [7, 11) is 1.21. The lowest BCUT2D eigenvalue weighted by molar-refractivity contribution is -0.134. The van der Waals surface area contributed by atoms with E-state index in [0.29, 0.717) is 0 Å². The molecule has 1 heterocycles. The maximum absolute atomic E-state index is 11.0. The molecule has 0 bridgehead atoms. The molecular weight excluding hydrogens is 330 g/mol. The smallest absolute Gasteiger partial charge is 0.330 e. The van der Waals surface area contributed by atoms with Crippen LogP contribution in [0, 0.1) is 22.7 Å². The van der Waals surface area contributed by atoms with Gasteiger partial charge in [-0.3, -0.25) is 4.99 Å². The second-order valence-corrected chi connectivity index (χ2v) is 5.13. The largest absolute Gasteiger partial charge is 0.466 e. The third-order valence-electron chi connectivity index (χ3n) is 1.99. The van der Waals surface area contributed by atoms with E-state index in [-0.39, 0.29) is 0 Å². The minimum absolute atomic E-state index is 0.649. The Hall–Kier alpha value is -1.96. The summed E-state index contributed by atoms with van der Waals surface area (Å²) < 4.78 is 5.29. The zero-order valence-electron chi connectivity index (χ0n) is 9.83. The molecule has 0 N–H and O–H groups in total. The number of thiophene rings is 1. The number of aliphatic imine (C=N–C) groups is 1. The molecule has 0 aliphatic carbocycles. The molecule has 19 heavy (non-hydrogen) atoms. The number of esters is 1. The highest BCUT2D eigenvalue weighted by Crippen LogP contribution is 2.19. The van der Waals surface area contributed by atoms with Gasteiger partial charge in [-0.2, -0.15) is 10.5 Å². The monoisotopic (exact) mass is 337 g/mol. The van der Waals surface area contributed by atoms with E-state index in [4.69, 9.17) is 10.5 Å². The predicted molar refractivity (Wildman–Crippen MR) is 74.7 cm³/mol. The van der Waals surface area contributed by atoms with Crippen molar-refractivity contribution in [3.63, 3.8) is 0 Å². The highest BCUT2D eigenvalue weighted by Gasteiger charge is 2.25. The Morgan fingerprint density at radius 3 is 2.74 bits per heavy atom. The number of methoxy groups -OCH3 is 1. The van der Waals surface area contributed by atoms with E-state index in [1.54, 1.807) is 18.2 Å². The van der Waals surface area contributed by atoms with Crippen LogP contribution in [0.4, 0.5) is 0 Å². The first-order chi connectivity index (χ1) is 9.05. The van der Waals surface area contributed by atoms with Gasteiger partial charge in [0.1, 0.15) is 12.1 Å². The molecule has 0 aliphatic rings. The minimum atomic E-state index is -1.73. The molecule has 0 aliphatic heterocycles. The number of rotatable bonds is 4. The molecule has 5 nitrogen and oxygen atoms in total. The van der Waals surface area contributed by atoms with Crippen molar-refractivity contribution < 1.29 is 9.53 Å². The zero-order valence-corrected chi connectivity index (χ0v) is 12.2. The van der Waals surface area contributed by atoms with Gasteiger partial charge in [-0.25, -0.2) is 4.79 Å². The summed E-state index contributed by atoms with van der Waals surface area (Å²) >= 11 is 4.70. The van der Waals surface area contributed by atoms with Gasteiger partial charge in [-0.15, -0.1) is 11.3 Å². The second kappa shape index (κ2) is 6.83. The first-order valence-electron chi connectivity index (χ1n) is 4.94. The molecule has 1 aromatic heterocycles. The van der Waals surface area contributed by atoms with Crippen molar-refractivity contribution >= 4 is 39.5 Å². The summed E-state index contributed by atoms with van der Waals surface area (Å²) in [4.78, 5) is 15.7. The summed E-state index contributed by atoms with van der Waals surface area (Å²) in [6.45, 7) is 0. The van der Waals surface area contributed by atoms with Crippen molar-refractivity contribution in [3.05, 3.63) is 32.9 Å². The summed E-state index contributed by atoms with van der Waals surface area (Å²) in [6, 6.07) is 5.33. The van der Waals surface area contributed by atoms with Gasteiger partial charge in [0.2, 0.25) is 0 Å². The van der Waals surface area contributed by atoms with Crippen molar-refractivity contribution in [3.8, 4) is 12.1 Å². The second-order valence-electron chi connectivity index (χ2n) is 3.27. The predicted octanol–water partition coefficient (Wildman–Crippen LogP) is 2.44. The molecule has 0 aromatic carbocycles. The Kier molecular flexibility index (Phi) is 5.43. The molecule has 0 saturated heterocycles. The fourth-order valence-electron chi connectivity index (χ4n) is 1.02. The number of ether oxygens (including phenoxy) is 1. The van der Waals surface area contributed by atoms with E-state index in [9.17, 15) is 4.79 Å². The number of hydrogen-bond donors (Lipinski definition) is 0. The molecule has 1 aromatic rings. The molecule has 0 unspecified atom stereocenters.